The first-order valence-corrected chi connectivity index (χ1v) is 11.7. The highest BCUT2D eigenvalue weighted by Gasteiger charge is 2.30. The van der Waals surface area contributed by atoms with Crippen LogP contribution in [0.4, 0.5) is 17.6 Å². The van der Waals surface area contributed by atoms with Crippen LogP contribution in [0.2, 0.25) is 0 Å². The summed E-state index contributed by atoms with van der Waals surface area (Å²) in [6, 6.07) is 9.78. The van der Waals surface area contributed by atoms with Crippen molar-refractivity contribution < 1.29 is 27.1 Å². The molecule has 0 aromatic heterocycles. The first-order valence-electron chi connectivity index (χ1n) is 11.7. The fourth-order valence-electron chi connectivity index (χ4n) is 4.46. The van der Waals surface area contributed by atoms with Crippen molar-refractivity contribution in [3.63, 3.8) is 0 Å². The predicted molar refractivity (Wildman–Crippen MR) is 123 cm³/mol. The number of aldehydes is 1. The van der Waals surface area contributed by atoms with E-state index in [9.17, 15) is 22.4 Å². The Balaban J connectivity index is 0.000000343. The lowest BCUT2D eigenvalue weighted by Gasteiger charge is -2.33. The average Bonchev–Trinajstić information content (AvgIpc) is 3.32. The minimum Gasteiger partial charge on any atom is -0.373 e. The van der Waals surface area contributed by atoms with Crippen LogP contribution in [0.1, 0.15) is 47.4 Å². The fourth-order valence-corrected chi connectivity index (χ4v) is 4.46. The van der Waals surface area contributed by atoms with Crippen molar-refractivity contribution in [2.24, 2.45) is 0 Å². The molecular weight excluding hydrogens is 448 g/mol. The summed E-state index contributed by atoms with van der Waals surface area (Å²) in [6.07, 6.45) is -0.0860. The maximum absolute atomic E-state index is 13.4. The number of carbonyl (C=O) groups excluding carboxylic acids is 1. The van der Waals surface area contributed by atoms with Crippen molar-refractivity contribution >= 4 is 6.29 Å². The minimum absolute atomic E-state index is 0.0669. The number of nitrogens with zero attached hydrogens (tertiary/aromatic N) is 1. The number of aryl methyl sites for hydroxylation is 1. The summed E-state index contributed by atoms with van der Waals surface area (Å²) in [5.41, 5.74) is 1.95. The molecule has 2 aromatic carbocycles. The number of likely N-dealkylation sites (tertiary alicyclic amines) is 1. The molecule has 186 valence electrons. The molecule has 1 N–H and O–H groups in total. The maximum atomic E-state index is 13.4. The first kappa shape index (κ1) is 26.3. The second kappa shape index (κ2) is 12.4. The van der Waals surface area contributed by atoms with Gasteiger partial charge in [0.1, 0.15) is 12.1 Å². The van der Waals surface area contributed by atoms with E-state index in [0.717, 1.165) is 62.1 Å². The molecule has 0 saturated carbocycles. The fraction of sp³-hybridized carbons (Fsp3) is 0.500. The summed E-state index contributed by atoms with van der Waals surface area (Å²) in [7, 11) is 0. The molecule has 8 heteroatoms. The normalized spacial score (nSPS) is 21.1. The Morgan fingerprint density at radius 1 is 1.12 bits per heavy atom. The van der Waals surface area contributed by atoms with Gasteiger partial charge in [-0.05, 0) is 86.8 Å². The van der Waals surface area contributed by atoms with Crippen LogP contribution >= 0.6 is 0 Å². The van der Waals surface area contributed by atoms with Crippen LogP contribution in [0.25, 0.3) is 0 Å². The van der Waals surface area contributed by atoms with Crippen molar-refractivity contribution in [1.29, 1.82) is 0 Å². The van der Waals surface area contributed by atoms with Crippen molar-refractivity contribution in [2.45, 2.75) is 51.0 Å². The lowest BCUT2D eigenvalue weighted by molar-refractivity contribution is -0.137. The molecular formula is C26H32F4N2O2. The average molecular weight is 481 g/mol. The summed E-state index contributed by atoms with van der Waals surface area (Å²) in [6.45, 7) is 6.55. The zero-order chi connectivity index (χ0) is 24.6. The highest BCUT2D eigenvalue weighted by atomic mass is 19.4. The lowest BCUT2D eigenvalue weighted by atomic mass is 9.86. The molecule has 34 heavy (non-hydrogen) atoms. The van der Waals surface area contributed by atoms with E-state index in [-0.39, 0.29) is 24.4 Å². The Labute approximate surface area is 198 Å². The van der Waals surface area contributed by atoms with Crippen LogP contribution in [-0.4, -0.2) is 50.0 Å². The number of nitrogens with one attached hydrogen (secondary N) is 1. The number of carbonyl (C=O) groups is 1. The summed E-state index contributed by atoms with van der Waals surface area (Å²) >= 11 is 0. The lowest BCUT2D eigenvalue weighted by Crippen LogP contribution is -2.40. The molecule has 2 atom stereocenters. The van der Waals surface area contributed by atoms with Crippen molar-refractivity contribution in [3.05, 3.63) is 70.5 Å². The van der Waals surface area contributed by atoms with E-state index >= 15 is 0 Å². The maximum Gasteiger partial charge on any atom is 0.416 e. The van der Waals surface area contributed by atoms with Gasteiger partial charge in [0.15, 0.2) is 0 Å². The van der Waals surface area contributed by atoms with Gasteiger partial charge < -0.3 is 14.8 Å². The number of alkyl halides is 3. The number of piperidine rings is 1. The number of benzene rings is 2. The number of halogens is 4. The van der Waals surface area contributed by atoms with Gasteiger partial charge in [-0.1, -0.05) is 18.2 Å². The van der Waals surface area contributed by atoms with Crippen LogP contribution in [0, 0.1) is 12.7 Å². The Morgan fingerprint density at radius 2 is 1.82 bits per heavy atom. The number of hydrogen-bond acceptors (Lipinski definition) is 4. The van der Waals surface area contributed by atoms with Gasteiger partial charge in [-0.15, -0.1) is 0 Å². The van der Waals surface area contributed by atoms with Crippen LogP contribution in [0.3, 0.4) is 0 Å². The molecule has 2 aromatic rings. The van der Waals surface area contributed by atoms with Gasteiger partial charge in [-0.25, -0.2) is 4.39 Å². The first-order chi connectivity index (χ1) is 16.3. The van der Waals surface area contributed by atoms with Crippen LogP contribution in [-0.2, 0) is 22.3 Å². The Kier molecular flexibility index (Phi) is 9.62. The number of ether oxygens (including phenoxy) is 1. The topological polar surface area (TPSA) is 41.6 Å². The van der Waals surface area contributed by atoms with E-state index in [0.29, 0.717) is 12.1 Å². The van der Waals surface area contributed by atoms with E-state index in [4.69, 9.17) is 4.74 Å². The molecule has 0 aliphatic carbocycles. The van der Waals surface area contributed by atoms with Gasteiger partial charge in [-0.3, -0.25) is 4.90 Å². The molecule has 0 spiro atoms. The van der Waals surface area contributed by atoms with Gasteiger partial charge >= 0.3 is 6.18 Å². The smallest absolute Gasteiger partial charge is 0.373 e. The molecule has 2 aliphatic heterocycles. The molecule has 4 nitrogen and oxygen atoms in total. The Hall–Kier alpha value is -2.29. The van der Waals surface area contributed by atoms with Crippen LogP contribution in [0.5, 0.6) is 0 Å². The molecule has 2 heterocycles. The molecule has 2 fully saturated rings. The van der Waals surface area contributed by atoms with Crippen LogP contribution in [0.15, 0.2) is 42.5 Å². The van der Waals surface area contributed by atoms with E-state index in [1.807, 2.05) is 6.92 Å². The van der Waals surface area contributed by atoms with Gasteiger partial charge in [0.25, 0.3) is 0 Å². The van der Waals surface area contributed by atoms with E-state index in [2.05, 4.69) is 10.2 Å². The molecule has 2 aliphatic rings. The zero-order valence-electron chi connectivity index (χ0n) is 19.4. The third-order valence-electron chi connectivity index (χ3n) is 6.33. The second-order valence-electron chi connectivity index (χ2n) is 8.82. The third kappa shape index (κ3) is 7.61. The van der Waals surface area contributed by atoms with Crippen LogP contribution < -0.4 is 5.32 Å². The standard InChI is InChI=1S/C20H21F4NO.C6H11NO/c1-13-10-16(21)6-7-17(13)18-11-25-9-8-19(18)26-12-14-2-4-15(5-3-14)20(22,23)24;8-6-5-7-3-1-2-4-7/h2-7,10,18-19,25H,8-9,11-12H2,1H3;6H,1-5H2. The third-order valence-corrected chi connectivity index (χ3v) is 6.33. The summed E-state index contributed by atoms with van der Waals surface area (Å²) in [5.74, 6) is -0.184. The predicted octanol–water partition coefficient (Wildman–Crippen LogP) is 5.10. The summed E-state index contributed by atoms with van der Waals surface area (Å²) in [5, 5.41) is 3.33. The monoisotopic (exact) mass is 480 g/mol. The van der Waals surface area contributed by atoms with E-state index < -0.39 is 11.7 Å². The van der Waals surface area contributed by atoms with Crippen molar-refractivity contribution in [1.82, 2.24) is 10.2 Å². The number of hydrogen-bond donors (Lipinski definition) is 1. The highest BCUT2D eigenvalue weighted by molar-refractivity contribution is 5.52. The van der Waals surface area contributed by atoms with Crippen molar-refractivity contribution in [2.75, 3.05) is 32.7 Å². The summed E-state index contributed by atoms with van der Waals surface area (Å²) in [4.78, 5) is 12.1. The minimum atomic E-state index is -4.33. The van der Waals surface area contributed by atoms with Crippen molar-refractivity contribution in [3.8, 4) is 0 Å². The number of rotatable bonds is 6. The molecule has 0 amide bonds. The van der Waals surface area contributed by atoms with E-state index in [1.165, 1.54) is 37.1 Å². The largest absolute Gasteiger partial charge is 0.416 e. The van der Waals surface area contributed by atoms with Gasteiger partial charge in [0, 0.05) is 12.5 Å². The zero-order valence-corrected chi connectivity index (χ0v) is 19.4. The highest BCUT2D eigenvalue weighted by Crippen LogP contribution is 2.31. The molecule has 2 unspecified atom stereocenters. The van der Waals surface area contributed by atoms with E-state index in [1.54, 1.807) is 6.07 Å². The van der Waals surface area contributed by atoms with Gasteiger partial charge in [0.2, 0.25) is 0 Å². The Bertz CT molecular complexity index is 912. The molecule has 0 bridgehead atoms. The van der Waals surface area contributed by atoms with Gasteiger partial charge in [-0.2, -0.15) is 13.2 Å². The molecule has 2 saturated heterocycles. The second-order valence-corrected chi connectivity index (χ2v) is 8.82. The van der Waals surface area contributed by atoms with Gasteiger partial charge in [0.05, 0.1) is 24.8 Å². The molecule has 0 radical (unpaired) electrons. The SMILES string of the molecule is Cc1cc(F)ccc1C1CNCCC1OCc1ccc(C(F)(F)F)cc1.O=CCN1CCCC1. The summed E-state index contributed by atoms with van der Waals surface area (Å²) < 4.78 is 57.3. The molecule has 4 rings (SSSR count). The quantitative estimate of drug-likeness (QED) is 0.462. The Morgan fingerprint density at radius 3 is 2.44 bits per heavy atom.